The van der Waals surface area contributed by atoms with E-state index in [0.717, 1.165) is 0 Å². The number of esters is 1. The van der Waals surface area contributed by atoms with E-state index in [-0.39, 0.29) is 5.97 Å². The SMILES string of the molecule is CC(=O)OC[C@@H]1CCCN2CCCC[C@H]12. The Morgan fingerprint density at radius 1 is 1.27 bits per heavy atom. The van der Waals surface area contributed by atoms with Gasteiger partial charge in [-0.05, 0) is 38.8 Å². The van der Waals surface area contributed by atoms with Crippen LogP contribution in [-0.4, -0.2) is 36.6 Å². The Kier molecular flexibility index (Phi) is 3.62. The van der Waals surface area contributed by atoms with Gasteiger partial charge in [-0.1, -0.05) is 6.42 Å². The average molecular weight is 211 g/mol. The van der Waals surface area contributed by atoms with E-state index in [1.807, 2.05) is 0 Å². The van der Waals surface area contributed by atoms with Crippen LogP contribution in [0.1, 0.15) is 39.0 Å². The van der Waals surface area contributed by atoms with Gasteiger partial charge in [-0.2, -0.15) is 0 Å². The van der Waals surface area contributed by atoms with Crippen LogP contribution < -0.4 is 0 Å². The second-order valence-electron chi connectivity index (χ2n) is 4.80. The van der Waals surface area contributed by atoms with Crippen LogP contribution >= 0.6 is 0 Å². The zero-order valence-electron chi connectivity index (χ0n) is 9.58. The summed E-state index contributed by atoms with van der Waals surface area (Å²) in [6.07, 6.45) is 6.48. The Bertz CT molecular complexity index is 228. The molecule has 0 aromatic heterocycles. The van der Waals surface area contributed by atoms with Crippen molar-refractivity contribution in [2.45, 2.75) is 45.1 Å². The van der Waals surface area contributed by atoms with Gasteiger partial charge in [0.25, 0.3) is 0 Å². The van der Waals surface area contributed by atoms with Crippen LogP contribution in [-0.2, 0) is 9.53 Å². The molecule has 0 saturated carbocycles. The predicted molar refractivity (Wildman–Crippen MR) is 58.6 cm³/mol. The van der Waals surface area contributed by atoms with Gasteiger partial charge in [0, 0.05) is 18.9 Å². The van der Waals surface area contributed by atoms with Gasteiger partial charge in [0.1, 0.15) is 0 Å². The lowest BCUT2D eigenvalue weighted by molar-refractivity contribution is -0.143. The Labute approximate surface area is 91.8 Å². The number of carbonyl (C=O) groups excluding carboxylic acids is 1. The van der Waals surface area contributed by atoms with Gasteiger partial charge < -0.3 is 4.74 Å². The number of ether oxygens (including phenoxy) is 1. The van der Waals surface area contributed by atoms with Gasteiger partial charge in [0.2, 0.25) is 0 Å². The van der Waals surface area contributed by atoms with E-state index in [9.17, 15) is 4.79 Å². The van der Waals surface area contributed by atoms with E-state index in [4.69, 9.17) is 4.74 Å². The molecule has 86 valence electrons. The highest BCUT2D eigenvalue weighted by Crippen LogP contribution is 2.30. The molecule has 0 spiro atoms. The first kappa shape index (κ1) is 10.9. The number of rotatable bonds is 2. The van der Waals surface area contributed by atoms with Gasteiger partial charge in [-0.3, -0.25) is 9.69 Å². The van der Waals surface area contributed by atoms with Crippen LogP contribution in [0.3, 0.4) is 0 Å². The number of fused-ring (bicyclic) bond motifs is 1. The minimum absolute atomic E-state index is 0.136. The van der Waals surface area contributed by atoms with Crippen molar-refractivity contribution in [1.82, 2.24) is 4.90 Å². The third kappa shape index (κ3) is 2.71. The molecular weight excluding hydrogens is 190 g/mol. The molecule has 2 fully saturated rings. The van der Waals surface area contributed by atoms with Crippen molar-refractivity contribution in [2.24, 2.45) is 5.92 Å². The zero-order chi connectivity index (χ0) is 10.7. The highest BCUT2D eigenvalue weighted by Gasteiger charge is 2.33. The second-order valence-corrected chi connectivity index (χ2v) is 4.80. The first-order valence-corrected chi connectivity index (χ1v) is 6.15. The largest absolute Gasteiger partial charge is 0.466 e. The molecule has 0 amide bonds. The van der Waals surface area contributed by atoms with Crippen molar-refractivity contribution in [3.8, 4) is 0 Å². The normalized spacial score (nSPS) is 32.1. The van der Waals surface area contributed by atoms with Crippen molar-refractivity contribution in [3.05, 3.63) is 0 Å². The maximum atomic E-state index is 10.8. The van der Waals surface area contributed by atoms with Gasteiger partial charge >= 0.3 is 5.97 Å². The van der Waals surface area contributed by atoms with Gasteiger partial charge in [-0.15, -0.1) is 0 Å². The summed E-state index contributed by atoms with van der Waals surface area (Å²) in [6.45, 7) is 4.64. The third-order valence-corrected chi connectivity index (χ3v) is 3.73. The van der Waals surface area contributed by atoms with Crippen molar-refractivity contribution in [1.29, 1.82) is 0 Å². The number of nitrogens with zero attached hydrogens (tertiary/aromatic N) is 1. The van der Waals surface area contributed by atoms with Gasteiger partial charge in [0.05, 0.1) is 6.61 Å². The Hall–Kier alpha value is -0.570. The van der Waals surface area contributed by atoms with Gasteiger partial charge in [-0.25, -0.2) is 0 Å². The highest BCUT2D eigenvalue weighted by atomic mass is 16.5. The molecular formula is C12H21NO2. The van der Waals surface area contributed by atoms with Crippen LogP contribution in [0, 0.1) is 5.92 Å². The van der Waals surface area contributed by atoms with Crippen LogP contribution in [0.2, 0.25) is 0 Å². The fraction of sp³-hybridized carbons (Fsp3) is 0.917. The molecule has 0 unspecified atom stereocenters. The summed E-state index contributed by atoms with van der Waals surface area (Å²) >= 11 is 0. The van der Waals surface area contributed by atoms with Gasteiger partial charge in [0.15, 0.2) is 0 Å². The van der Waals surface area contributed by atoms with E-state index in [1.165, 1.54) is 52.1 Å². The van der Waals surface area contributed by atoms with Crippen molar-refractivity contribution >= 4 is 5.97 Å². The average Bonchev–Trinajstić information content (AvgIpc) is 2.26. The fourth-order valence-electron chi connectivity index (χ4n) is 3.00. The summed E-state index contributed by atoms with van der Waals surface area (Å²) in [5.41, 5.74) is 0. The monoisotopic (exact) mass is 211 g/mol. The molecule has 0 aromatic carbocycles. The topological polar surface area (TPSA) is 29.5 Å². The Morgan fingerprint density at radius 3 is 2.87 bits per heavy atom. The van der Waals surface area contributed by atoms with E-state index >= 15 is 0 Å². The predicted octanol–water partition coefficient (Wildman–Crippen LogP) is 1.81. The standard InChI is InChI=1S/C12H21NO2/c1-10(14)15-9-11-5-4-8-13-7-3-2-6-12(11)13/h11-12H,2-9H2,1H3/t11-,12+/m0/s1. The number of carbonyl (C=O) groups is 1. The van der Waals surface area contributed by atoms with Crippen molar-refractivity contribution in [2.75, 3.05) is 19.7 Å². The fourth-order valence-corrected chi connectivity index (χ4v) is 3.00. The van der Waals surface area contributed by atoms with E-state index in [2.05, 4.69) is 4.90 Å². The first-order chi connectivity index (χ1) is 7.27. The summed E-state index contributed by atoms with van der Waals surface area (Å²) in [6, 6.07) is 0.687. The summed E-state index contributed by atoms with van der Waals surface area (Å²) < 4.78 is 5.16. The smallest absolute Gasteiger partial charge is 0.302 e. The molecule has 15 heavy (non-hydrogen) atoms. The second kappa shape index (κ2) is 4.97. The molecule has 0 aromatic rings. The first-order valence-electron chi connectivity index (χ1n) is 6.15. The zero-order valence-corrected chi connectivity index (χ0v) is 9.58. The summed E-state index contributed by atoms with van der Waals surface area (Å²) in [5, 5.41) is 0. The summed E-state index contributed by atoms with van der Waals surface area (Å²) in [5.74, 6) is 0.450. The lowest BCUT2D eigenvalue weighted by Gasteiger charge is -2.44. The third-order valence-electron chi connectivity index (χ3n) is 3.73. The van der Waals surface area contributed by atoms with Crippen molar-refractivity contribution in [3.63, 3.8) is 0 Å². The molecule has 2 heterocycles. The van der Waals surface area contributed by atoms with Crippen molar-refractivity contribution < 1.29 is 9.53 Å². The van der Waals surface area contributed by atoms with Crippen LogP contribution in [0.5, 0.6) is 0 Å². The Balaban J connectivity index is 1.88. The summed E-state index contributed by atoms with van der Waals surface area (Å²) in [7, 11) is 0. The molecule has 0 bridgehead atoms. The molecule has 2 aliphatic rings. The lowest BCUT2D eigenvalue weighted by Crippen LogP contribution is -2.49. The minimum Gasteiger partial charge on any atom is -0.466 e. The molecule has 0 N–H and O–H groups in total. The van der Waals surface area contributed by atoms with Crippen LogP contribution in [0.25, 0.3) is 0 Å². The van der Waals surface area contributed by atoms with Crippen LogP contribution in [0.15, 0.2) is 0 Å². The summed E-state index contributed by atoms with van der Waals surface area (Å²) in [4.78, 5) is 13.4. The molecule has 2 atom stereocenters. The molecule has 2 saturated heterocycles. The maximum absolute atomic E-state index is 10.8. The molecule has 3 nitrogen and oxygen atoms in total. The highest BCUT2D eigenvalue weighted by molar-refractivity contribution is 5.65. The molecule has 2 aliphatic heterocycles. The number of piperidine rings is 2. The van der Waals surface area contributed by atoms with Crippen LogP contribution in [0.4, 0.5) is 0 Å². The quantitative estimate of drug-likeness (QED) is 0.652. The van der Waals surface area contributed by atoms with E-state index in [0.29, 0.717) is 18.6 Å². The molecule has 3 heteroatoms. The number of hydrogen-bond donors (Lipinski definition) is 0. The molecule has 0 radical (unpaired) electrons. The maximum Gasteiger partial charge on any atom is 0.302 e. The number of hydrogen-bond acceptors (Lipinski definition) is 3. The Morgan fingerprint density at radius 2 is 2.07 bits per heavy atom. The lowest BCUT2D eigenvalue weighted by atomic mass is 9.84. The van der Waals surface area contributed by atoms with E-state index in [1.54, 1.807) is 0 Å². The molecule has 2 rings (SSSR count). The molecule has 0 aliphatic carbocycles. The minimum atomic E-state index is -0.136. The van der Waals surface area contributed by atoms with E-state index < -0.39 is 0 Å².